The Morgan fingerprint density at radius 3 is 2.57 bits per heavy atom. The SMILES string of the molecule is CC(C)(C)OC(=O)Cn1cc(C(N)=O)c2cc(Cl)ccc21. The lowest BCUT2D eigenvalue weighted by molar-refractivity contribution is -0.155. The highest BCUT2D eigenvalue weighted by Crippen LogP contribution is 2.25. The predicted octanol–water partition coefficient (Wildman–Crippen LogP) is 2.74. The number of nitrogens with two attached hydrogens (primary N) is 1. The van der Waals surface area contributed by atoms with Gasteiger partial charge in [-0.1, -0.05) is 11.6 Å². The minimum absolute atomic E-state index is 0.00266. The lowest BCUT2D eigenvalue weighted by Crippen LogP contribution is -2.26. The average Bonchev–Trinajstić information content (AvgIpc) is 2.64. The summed E-state index contributed by atoms with van der Waals surface area (Å²) in [5.74, 6) is -0.949. The molecule has 6 heteroatoms. The van der Waals surface area contributed by atoms with E-state index < -0.39 is 11.5 Å². The molecule has 0 spiro atoms. The summed E-state index contributed by atoms with van der Waals surface area (Å²) in [6.45, 7) is 5.40. The summed E-state index contributed by atoms with van der Waals surface area (Å²) in [5.41, 5.74) is 5.84. The normalized spacial score (nSPS) is 11.6. The summed E-state index contributed by atoms with van der Waals surface area (Å²) >= 11 is 5.94. The second-order valence-electron chi connectivity index (χ2n) is 5.78. The Bertz CT molecular complexity index is 714. The van der Waals surface area contributed by atoms with Gasteiger partial charge in [0.25, 0.3) is 5.91 Å². The molecule has 0 aliphatic heterocycles. The number of benzene rings is 1. The molecule has 2 aromatic rings. The minimum atomic E-state index is -0.565. The fourth-order valence-electron chi connectivity index (χ4n) is 2.11. The quantitative estimate of drug-likeness (QED) is 0.886. The Balaban J connectivity index is 2.41. The summed E-state index contributed by atoms with van der Waals surface area (Å²) in [6.07, 6.45) is 1.55. The van der Waals surface area contributed by atoms with E-state index in [9.17, 15) is 9.59 Å². The van der Waals surface area contributed by atoms with Gasteiger partial charge < -0.3 is 15.0 Å². The van der Waals surface area contributed by atoms with Crippen LogP contribution in [-0.2, 0) is 16.1 Å². The number of hydrogen-bond donors (Lipinski definition) is 1. The van der Waals surface area contributed by atoms with Crippen LogP contribution in [0.15, 0.2) is 24.4 Å². The highest BCUT2D eigenvalue weighted by atomic mass is 35.5. The van der Waals surface area contributed by atoms with Gasteiger partial charge in [0, 0.05) is 22.1 Å². The molecular formula is C15H17ClN2O3. The zero-order chi connectivity index (χ0) is 15.8. The van der Waals surface area contributed by atoms with Crippen LogP contribution in [0.4, 0.5) is 0 Å². The zero-order valence-corrected chi connectivity index (χ0v) is 12.9. The molecule has 5 nitrogen and oxygen atoms in total. The average molecular weight is 309 g/mol. The van der Waals surface area contributed by atoms with Crippen LogP contribution >= 0.6 is 11.6 Å². The van der Waals surface area contributed by atoms with Gasteiger partial charge in [-0.05, 0) is 39.0 Å². The van der Waals surface area contributed by atoms with Crippen molar-refractivity contribution in [2.45, 2.75) is 32.9 Å². The number of rotatable bonds is 3. The molecule has 1 aromatic carbocycles. The van der Waals surface area contributed by atoms with Crippen molar-refractivity contribution >= 4 is 34.4 Å². The van der Waals surface area contributed by atoms with Crippen LogP contribution in [0.25, 0.3) is 10.9 Å². The minimum Gasteiger partial charge on any atom is -0.459 e. The van der Waals surface area contributed by atoms with Gasteiger partial charge >= 0.3 is 5.97 Å². The molecule has 1 heterocycles. The smallest absolute Gasteiger partial charge is 0.326 e. The Kier molecular flexibility index (Phi) is 3.96. The summed E-state index contributed by atoms with van der Waals surface area (Å²) < 4.78 is 6.92. The lowest BCUT2D eigenvalue weighted by Gasteiger charge is -2.19. The first kappa shape index (κ1) is 15.4. The molecule has 0 aliphatic carbocycles. The van der Waals surface area contributed by atoms with Crippen LogP contribution in [0, 0.1) is 0 Å². The van der Waals surface area contributed by atoms with Crippen molar-refractivity contribution in [1.29, 1.82) is 0 Å². The first-order valence-corrected chi connectivity index (χ1v) is 6.85. The van der Waals surface area contributed by atoms with E-state index in [0.717, 1.165) is 0 Å². The molecule has 0 saturated carbocycles. The maximum Gasteiger partial charge on any atom is 0.326 e. The molecule has 0 saturated heterocycles. The van der Waals surface area contributed by atoms with Crippen LogP contribution in [-0.4, -0.2) is 22.0 Å². The number of carbonyl (C=O) groups excluding carboxylic acids is 2. The highest BCUT2D eigenvalue weighted by molar-refractivity contribution is 6.31. The summed E-state index contributed by atoms with van der Waals surface area (Å²) in [5, 5.41) is 1.12. The molecule has 0 bridgehead atoms. The van der Waals surface area contributed by atoms with Gasteiger partial charge in [0.1, 0.15) is 12.1 Å². The van der Waals surface area contributed by atoms with Gasteiger partial charge in [-0.25, -0.2) is 0 Å². The maximum absolute atomic E-state index is 11.9. The van der Waals surface area contributed by atoms with Gasteiger partial charge in [0.15, 0.2) is 0 Å². The number of fused-ring (bicyclic) bond motifs is 1. The molecule has 0 atom stereocenters. The van der Waals surface area contributed by atoms with E-state index >= 15 is 0 Å². The number of esters is 1. The second-order valence-corrected chi connectivity index (χ2v) is 6.22. The Labute approximate surface area is 127 Å². The van der Waals surface area contributed by atoms with E-state index in [4.69, 9.17) is 22.1 Å². The third-order valence-electron chi connectivity index (χ3n) is 2.83. The van der Waals surface area contributed by atoms with E-state index in [0.29, 0.717) is 21.5 Å². The van der Waals surface area contributed by atoms with E-state index in [2.05, 4.69) is 0 Å². The van der Waals surface area contributed by atoms with Gasteiger partial charge in [-0.3, -0.25) is 9.59 Å². The number of ether oxygens (including phenoxy) is 1. The molecule has 0 aliphatic rings. The Morgan fingerprint density at radius 2 is 2.00 bits per heavy atom. The zero-order valence-electron chi connectivity index (χ0n) is 12.1. The van der Waals surface area contributed by atoms with Crippen LogP contribution in [0.1, 0.15) is 31.1 Å². The molecule has 1 aromatic heterocycles. The van der Waals surface area contributed by atoms with E-state index in [1.165, 1.54) is 0 Å². The number of aromatic nitrogens is 1. The summed E-state index contributed by atoms with van der Waals surface area (Å²) in [7, 11) is 0. The fourth-order valence-corrected chi connectivity index (χ4v) is 2.28. The molecule has 1 amide bonds. The first-order valence-electron chi connectivity index (χ1n) is 6.47. The van der Waals surface area contributed by atoms with E-state index in [1.807, 2.05) is 0 Å². The van der Waals surface area contributed by atoms with Crippen LogP contribution in [0.5, 0.6) is 0 Å². The van der Waals surface area contributed by atoms with Crippen LogP contribution in [0.2, 0.25) is 5.02 Å². The molecule has 0 unspecified atom stereocenters. The van der Waals surface area contributed by atoms with Crippen molar-refractivity contribution in [3.8, 4) is 0 Å². The summed E-state index contributed by atoms with van der Waals surface area (Å²) in [6, 6.07) is 5.09. The second kappa shape index (κ2) is 5.41. The van der Waals surface area contributed by atoms with Gasteiger partial charge in [-0.15, -0.1) is 0 Å². The van der Waals surface area contributed by atoms with E-state index in [1.54, 1.807) is 49.7 Å². The maximum atomic E-state index is 11.9. The molecule has 21 heavy (non-hydrogen) atoms. The number of halogens is 1. The highest BCUT2D eigenvalue weighted by Gasteiger charge is 2.19. The van der Waals surface area contributed by atoms with Gasteiger partial charge in [0.2, 0.25) is 0 Å². The van der Waals surface area contributed by atoms with Crippen molar-refractivity contribution in [3.63, 3.8) is 0 Å². The van der Waals surface area contributed by atoms with Crippen molar-refractivity contribution in [1.82, 2.24) is 4.57 Å². The molecule has 0 fully saturated rings. The third kappa shape index (κ3) is 3.55. The summed E-state index contributed by atoms with van der Waals surface area (Å²) in [4.78, 5) is 23.4. The van der Waals surface area contributed by atoms with E-state index in [-0.39, 0.29) is 12.5 Å². The number of primary amides is 1. The van der Waals surface area contributed by atoms with Gasteiger partial charge in [0.05, 0.1) is 5.56 Å². The Morgan fingerprint density at radius 1 is 1.33 bits per heavy atom. The molecule has 0 radical (unpaired) electrons. The molecule has 2 N–H and O–H groups in total. The number of nitrogens with zero attached hydrogens (tertiary/aromatic N) is 1. The largest absolute Gasteiger partial charge is 0.459 e. The monoisotopic (exact) mass is 308 g/mol. The number of amides is 1. The standard InChI is InChI=1S/C15H17ClN2O3/c1-15(2,3)21-13(19)8-18-7-11(14(17)20)10-6-9(16)4-5-12(10)18/h4-7H,8H2,1-3H3,(H2,17,20). The molecular weight excluding hydrogens is 292 g/mol. The van der Waals surface area contributed by atoms with Crippen molar-refractivity contribution in [2.75, 3.05) is 0 Å². The Hall–Kier alpha value is -2.01. The molecule has 112 valence electrons. The third-order valence-corrected chi connectivity index (χ3v) is 3.06. The topological polar surface area (TPSA) is 74.3 Å². The number of carbonyl (C=O) groups is 2. The first-order chi connectivity index (χ1) is 9.67. The number of hydrogen-bond acceptors (Lipinski definition) is 3. The predicted molar refractivity (Wildman–Crippen MR) is 81.3 cm³/mol. The van der Waals surface area contributed by atoms with Crippen molar-refractivity contribution in [2.24, 2.45) is 5.73 Å². The van der Waals surface area contributed by atoms with Crippen LogP contribution < -0.4 is 5.73 Å². The van der Waals surface area contributed by atoms with Crippen molar-refractivity contribution < 1.29 is 14.3 Å². The fraction of sp³-hybridized carbons (Fsp3) is 0.333. The molecule has 2 rings (SSSR count). The lowest BCUT2D eigenvalue weighted by atomic mass is 10.2. The van der Waals surface area contributed by atoms with Gasteiger partial charge in [-0.2, -0.15) is 0 Å². The van der Waals surface area contributed by atoms with Crippen molar-refractivity contribution in [3.05, 3.63) is 35.0 Å². The van der Waals surface area contributed by atoms with Crippen LogP contribution in [0.3, 0.4) is 0 Å².